The van der Waals surface area contributed by atoms with Crippen LogP contribution in [0.4, 0.5) is 0 Å². The third kappa shape index (κ3) is 1.75. The Morgan fingerprint density at radius 2 is 1.85 bits per heavy atom. The first-order chi connectivity index (χ1) is 5.75. The Labute approximate surface area is 79.4 Å². The molecule has 1 aromatic heterocycles. The smallest absolute Gasteiger partial charge is 0.0946 e. The average molecular weight is 182 g/mol. The van der Waals surface area contributed by atoms with Crippen molar-refractivity contribution in [3.8, 4) is 0 Å². The summed E-state index contributed by atoms with van der Waals surface area (Å²) in [7, 11) is 1.85. The number of nitrogens with zero attached hydrogens (tertiary/aromatic N) is 2. The number of aryl methyl sites for hydroxylation is 1. The van der Waals surface area contributed by atoms with E-state index in [1.54, 1.807) is 10.9 Å². The van der Waals surface area contributed by atoms with Gasteiger partial charge >= 0.3 is 0 Å². The average Bonchev–Trinajstić information content (AvgIpc) is 2.33. The van der Waals surface area contributed by atoms with Crippen LogP contribution in [-0.2, 0) is 12.6 Å². The zero-order valence-electron chi connectivity index (χ0n) is 9.00. The summed E-state index contributed by atoms with van der Waals surface area (Å²) in [5.74, 6) is 0. The van der Waals surface area contributed by atoms with Crippen LogP contribution in [0.5, 0.6) is 0 Å². The van der Waals surface area contributed by atoms with Gasteiger partial charge in [0.25, 0.3) is 0 Å². The lowest BCUT2D eigenvalue weighted by Gasteiger charge is -2.36. The van der Waals surface area contributed by atoms with Crippen LogP contribution in [0.3, 0.4) is 0 Å². The highest BCUT2D eigenvalue weighted by Crippen LogP contribution is 2.38. The van der Waals surface area contributed by atoms with Crippen LogP contribution in [0.1, 0.15) is 33.3 Å². The maximum Gasteiger partial charge on any atom is 0.0946 e. The summed E-state index contributed by atoms with van der Waals surface area (Å²) in [5, 5.41) is 14.3. The lowest BCUT2D eigenvalue weighted by atomic mass is 9.74. The Bertz CT molecular complexity index is 294. The molecule has 3 nitrogen and oxygen atoms in total. The lowest BCUT2D eigenvalue weighted by Crippen LogP contribution is -2.36. The fraction of sp³-hybridized carbons (Fsp3) is 0.700. The van der Waals surface area contributed by atoms with Gasteiger partial charge in [-0.05, 0) is 12.3 Å². The molecule has 13 heavy (non-hydrogen) atoms. The van der Waals surface area contributed by atoms with Crippen molar-refractivity contribution in [3.05, 3.63) is 18.0 Å². The molecule has 1 unspecified atom stereocenters. The molecule has 0 bridgehead atoms. The largest absolute Gasteiger partial charge is 0.385 e. The highest BCUT2D eigenvalue weighted by Gasteiger charge is 2.37. The Balaban J connectivity index is 3.07. The molecule has 0 radical (unpaired) electrons. The fourth-order valence-electron chi connectivity index (χ4n) is 1.11. The molecule has 0 saturated carbocycles. The molecule has 1 atom stereocenters. The molecule has 0 aromatic carbocycles. The number of aliphatic hydroxyl groups is 1. The number of hydrogen-bond acceptors (Lipinski definition) is 2. The molecule has 0 spiro atoms. The van der Waals surface area contributed by atoms with Gasteiger partial charge in [0.05, 0.1) is 11.8 Å². The second-order valence-electron chi connectivity index (χ2n) is 4.72. The van der Waals surface area contributed by atoms with Gasteiger partial charge in [-0.25, -0.2) is 0 Å². The topological polar surface area (TPSA) is 38.0 Å². The maximum atomic E-state index is 10.3. The van der Waals surface area contributed by atoms with E-state index in [0.717, 1.165) is 5.56 Å². The first-order valence-corrected chi connectivity index (χ1v) is 4.46. The summed E-state index contributed by atoms with van der Waals surface area (Å²) in [6, 6.07) is 0. The van der Waals surface area contributed by atoms with Crippen LogP contribution < -0.4 is 0 Å². The highest BCUT2D eigenvalue weighted by molar-refractivity contribution is 5.16. The minimum absolute atomic E-state index is 0.184. The van der Waals surface area contributed by atoms with Gasteiger partial charge in [-0.3, -0.25) is 4.68 Å². The quantitative estimate of drug-likeness (QED) is 0.717. The van der Waals surface area contributed by atoms with E-state index in [1.165, 1.54) is 0 Å². The molecule has 0 fully saturated rings. The standard InChI is InChI=1S/C10H18N2O/c1-9(2,3)10(4,13)8-6-11-12(5)7-8/h6-7,13H,1-5H3. The van der Waals surface area contributed by atoms with Gasteiger partial charge in [-0.1, -0.05) is 20.8 Å². The SMILES string of the molecule is Cn1cc(C(C)(O)C(C)(C)C)cn1. The van der Waals surface area contributed by atoms with E-state index < -0.39 is 5.60 Å². The first kappa shape index (κ1) is 10.3. The van der Waals surface area contributed by atoms with Crippen LogP contribution in [-0.4, -0.2) is 14.9 Å². The van der Waals surface area contributed by atoms with E-state index in [9.17, 15) is 5.11 Å². The van der Waals surface area contributed by atoms with Gasteiger partial charge in [-0.15, -0.1) is 0 Å². The predicted molar refractivity (Wildman–Crippen MR) is 52.2 cm³/mol. The zero-order chi connectivity index (χ0) is 10.3. The van der Waals surface area contributed by atoms with Gasteiger partial charge in [0.1, 0.15) is 0 Å². The molecule has 0 saturated heterocycles. The van der Waals surface area contributed by atoms with Gasteiger partial charge in [-0.2, -0.15) is 5.10 Å². The van der Waals surface area contributed by atoms with Crippen molar-refractivity contribution in [2.45, 2.75) is 33.3 Å². The summed E-state index contributed by atoms with van der Waals surface area (Å²) in [5.41, 5.74) is -0.153. The van der Waals surface area contributed by atoms with Gasteiger partial charge < -0.3 is 5.11 Å². The summed E-state index contributed by atoms with van der Waals surface area (Å²) in [4.78, 5) is 0. The molecule has 0 aliphatic carbocycles. The first-order valence-electron chi connectivity index (χ1n) is 4.46. The number of rotatable bonds is 1. The molecule has 1 N–H and O–H groups in total. The highest BCUT2D eigenvalue weighted by atomic mass is 16.3. The van der Waals surface area contributed by atoms with Gasteiger partial charge in [0.15, 0.2) is 0 Å². The third-order valence-electron chi connectivity index (χ3n) is 2.73. The summed E-state index contributed by atoms with van der Waals surface area (Å²) in [6.07, 6.45) is 3.57. The number of aromatic nitrogens is 2. The van der Waals surface area contributed by atoms with Crippen molar-refractivity contribution < 1.29 is 5.11 Å². The van der Waals surface area contributed by atoms with E-state index in [1.807, 2.05) is 40.9 Å². The molecule has 3 heteroatoms. The van der Waals surface area contributed by atoms with Crippen LogP contribution in [0.15, 0.2) is 12.4 Å². The molecular weight excluding hydrogens is 164 g/mol. The van der Waals surface area contributed by atoms with Gasteiger partial charge in [0, 0.05) is 18.8 Å². The van der Waals surface area contributed by atoms with E-state index in [-0.39, 0.29) is 5.41 Å². The Hall–Kier alpha value is -0.830. The molecule has 1 heterocycles. The Morgan fingerprint density at radius 1 is 1.31 bits per heavy atom. The number of hydrogen-bond donors (Lipinski definition) is 1. The Kier molecular flexibility index (Phi) is 2.24. The minimum Gasteiger partial charge on any atom is -0.385 e. The van der Waals surface area contributed by atoms with E-state index in [4.69, 9.17) is 0 Å². The second-order valence-corrected chi connectivity index (χ2v) is 4.72. The van der Waals surface area contributed by atoms with Crippen LogP contribution in [0.25, 0.3) is 0 Å². The molecule has 74 valence electrons. The van der Waals surface area contributed by atoms with Crippen LogP contribution >= 0.6 is 0 Å². The zero-order valence-corrected chi connectivity index (χ0v) is 9.00. The second kappa shape index (κ2) is 2.84. The summed E-state index contributed by atoms with van der Waals surface area (Å²) < 4.78 is 1.70. The summed E-state index contributed by atoms with van der Waals surface area (Å²) in [6.45, 7) is 7.87. The maximum absolute atomic E-state index is 10.3. The third-order valence-corrected chi connectivity index (χ3v) is 2.73. The normalized spacial score (nSPS) is 17.1. The van der Waals surface area contributed by atoms with Crippen LogP contribution in [0, 0.1) is 5.41 Å². The molecule has 1 rings (SSSR count). The van der Waals surface area contributed by atoms with Crippen molar-refractivity contribution >= 4 is 0 Å². The minimum atomic E-state index is -0.832. The van der Waals surface area contributed by atoms with Crippen molar-refractivity contribution in [1.82, 2.24) is 9.78 Å². The predicted octanol–water partition coefficient (Wildman–Crippen LogP) is 1.67. The molecule has 0 aliphatic heterocycles. The van der Waals surface area contributed by atoms with E-state index in [0.29, 0.717) is 0 Å². The van der Waals surface area contributed by atoms with Crippen LogP contribution in [0.2, 0.25) is 0 Å². The van der Waals surface area contributed by atoms with Crippen molar-refractivity contribution in [1.29, 1.82) is 0 Å². The van der Waals surface area contributed by atoms with Gasteiger partial charge in [0.2, 0.25) is 0 Å². The van der Waals surface area contributed by atoms with Crippen molar-refractivity contribution in [3.63, 3.8) is 0 Å². The molecule has 0 aliphatic rings. The lowest BCUT2D eigenvalue weighted by molar-refractivity contribution is -0.0470. The van der Waals surface area contributed by atoms with Crippen molar-refractivity contribution in [2.24, 2.45) is 12.5 Å². The molecular formula is C10H18N2O. The van der Waals surface area contributed by atoms with Crippen molar-refractivity contribution in [2.75, 3.05) is 0 Å². The van der Waals surface area contributed by atoms with E-state index >= 15 is 0 Å². The monoisotopic (exact) mass is 182 g/mol. The molecule has 0 amide bonds. The van der Waals surface area contributed by atoms with E-state index in [2.05, 4.69) is 5.10 Å². The molecule has 1 aromatic rings. The Morgan fingerprint density at radius 3 is 2.15 bits per heavy atom. The summed E-state index contributed by atoms with van der Waals surface area (Å²) >= 11 is 0. The fourth-order valence-corrected chi connectivity index (χ4v) is 1.11.